The fraction of sp³-hybridized carbons (Fsp3) is 0.444. The number of carbonyl (C=O) groups is 1. The van der Waals surface area contributed by atoms with Crippen LogP contribution >= 0.6 is 11.3 Å². The number of aromatic nitrogens is 1. The zero-order valence-electron chi connectivity index (χ0n) is 14.7. The summed E-state index contributed by atoms with van der Waals surface area (Å²) in [5.41, 5.74) is 7.03. The second-order valence-corrected chi connectivity index (χ2v) is 7.40. The van der Waals surface area contributed by atoms with Crippen molar-refractivity contribution >= 4 is 22.4 Å². The zero-order valence-corrected chi connectivity index (χ0v) is 15.6. The third-order valence-corrected chi connectivity index (χ3v) is 5.93. The zero-order chi connectivity index (χ0) is 18.1. The van der Waals surface area contributed by atoms with Crippen LogP contribution in [0.25, 0.3) is 0 Å². The Morgan fingerprint density at radius 3 is 2.62 bits per heavy atom. The molecule has 1 amide bonds. The van der Waals surface area contributed by atoms with Gasteiger partial charge in [-0.05, 0) is 24.6 Å². The molecule has 0 bridgehead atoms. The Morgan fingerprint density at radius 2 is 1.92 bits per heavy atom. The van der Waals surface area contributed by atoms with Crippen LogP contribution in [-0.4, -0.2) is 50.2 Å². The first-order valence-corrected chi connectivity index (χ1v) is 9.69. The number of fused-ring (bicyclic) bond motifs is 1. The minimum atomic E-state index is -0.418. The van der Waals surface area contributed by atoms with E-state index in [2.05, 4.69) is 33.8 Å². The van der Waals surface area contributed by atoms with E-state index in [9.17, 15) is 4.79 Å². The monoisotopic (exact) mass is 375 g/mol. The average molecular weight is 375 g/mol. The molecule has 2 aromatic rings. The number of anilines is 1. The van der Waals surface area contributed by atoms with Gasteiger partial charge in [0.2, 0.25) is 5.69 Å². The van der Waals surface area contributed by atoms with Gasteiger partial charge in [-0.2, -0.15) is 0 Å². The molecule has 3 N–H and O–H groups in total. The molecule has 0 radical (unpaired) electrons. The SMILES string of the molecule is C[C@H](c1ccc2c(c1)OCCO2)N1CCN(c2[nH+]c(C(N)=O)cs2)CC1. The largest absolute Gasteiger partial charge is 0.486 e. The minimum Gasteiger partial charge on any atom is -0.486 e. The van der Waals surface area contributed by atoms with Crippen LogP contribution in [0, 0.1) is 0 Å². The Labute approximate surface area is 156 Å². The summed E-state index contributed by atoms with van der Waals surface area (Å²) in [7, 11) is 0. The van der Waals surface area contributed by atoms with Crippen molar-refractivity contribution in [1.82, 2.24) is 4.90 Å². The number of benzene rings is 1. The lowest BCUT2D eigenvalue weighted by Gasteiger charge is -2.35. The molecule has 1 fully saturated rings. The van der Waals surface area contributed by atoms with Crippen molar-refractivity contribution in [2.24, 2.45) is 5.73 Å². The van der Waals surface area contributed by atoms with Gasteiger partial charge in [-0.3, -0.25) is 9.69 Å². The topological polar surface area (TPSA) is 82.2 Å². The van der Waals surface area contributed by atoms with E-state index in [1.807, 2.05) is 6.07 Å². The molecule has 0 spiro atoms. The van der Waals surface area contributed by atoms with E-state index in [0.717, 1.165) is 42.8 Å². The highest BCUT2D eigenvalue weighted by atomic mass is 32.1. The van der Waals surface area contributed by atoms with Crippen LogP contribution < -0.4 is 25.1 Å². The van der Waals surface area contributed by atoms with Crippen LogP contribution in [0.3, 0.4) is 0 Å². The van der Waals surface area contributed by atoms with Crippen LogP contribution in [0.4, 0.5) is 5.13 Å². The van der Waals surface area contributed by atoms with Crippen molar-refractivity contribution in [1.29, 1.82) is 0 Å². The number of rotatable bonds is 4. The van der Waals surface area contributed by atoms with E-state index >= 15 is 0 Å². The lowest BCUT2D eigenvalue weighted by molar-refractivity contribution is -0.361. The highest BCUT2D eigenvalue weighted by Crippen LogP contribution is 2.34. The van der Waals surface area contributed by atoms with Gasteiger partial charge in [0.15, 0.2) is 11.5 Å². The van der Waals surface area contributed by atoms with Crippen LogP contribution in [0.1, 0.15) is 29.0 Å². The maximum Gasteiger partial charge on any atom is 0.334 e. The lowest BCUT2D eigenvalue weighted by atomic mass is 10.1. The summed E-state index contributed by atoms with van der Waals surface area (Å²) in [6, 6.07) is 6.53. The number of thiazole rings is 1. The van der Waals surface area contributed by atoms with E-state index < -0.39 is 5.91 Å². The van der Waals surface area contributed by atoms with Crippen molar-refractivity contribution < 1.29 is 19.3 Å². The molecule has 7 nitrogen and oxygen atoms in total. The van der Waals surface area contributed by atoms with Crippen molar-refractivity contribution in [3.05, 3.63) is 34.8 Å². The third-order valence-electron chi connectivity index (χ3n) is 4.99. The van der Waals surface area contributed by atoms with Gasteiger partial charge in [0.05, 0.1) is 18.5 Å². The fourth-order valence-electron chi connectivity index (χ4n) is 3.41. The smallest absolute Gasteiger partial charge is 0.334 e. The summed E-state index contributed by atoms with van der Waals surface area (Å²) < 4.78 is 11.3. The molecule has 1 aromatic carbocycles. The molecular weight excluding hydrogens is 352 g/mol. The predicted octanol–water partition coefficient (Wildman–Crippen LogP) is 1.32. The first kappa shape index (κ1) is 17.1. The second kappa shape index (κ2) is 7.13. The van der Waals surface area contributed by atoms with Gasteiger partial charge in [-0.25, -0.2) is 9.88 Å². The Morgan fingerprint density at radius 1 is 1.19 bits per heavy atom. The Hall–Kier alpha value is -2.32. The fourth-order valence-corrected chi connectivity index (χ4v) is 4.31. The number of aromatic amines is 1. The summed E-state index contributed by atoms with van der Waals surface area (Å²) in [6.45, 7) is 7.16. The molecule has 1 atom stereocenters. The van der Waals surface area contributed by atoms with Crippen LogP contribution in [0.15, 0.2) is 23.6 Å². The summed E-state index contributed by atoms with van der Waals surface area (Å²) in [4.78, 5) is 19.1. The quantitative estimate of drug-likeness (QED) is 0.871. The summed E-state index contributed by atoms with van der Waals surface area (Å²) >= 11 is 1.53. The molecule has 8 heteroatoms. The standard InChI is InChI=1S/C18H22N4O3S/c1-12(13-2-3-15-16(10-13)25-9-8-24-15)21-4-6-22(7-5-21)18-20-14(11-26-18)17(19)23/h2-3,10-12H,4-9H2,1H3,(H2,19,23)/p+1/t12-/m1/s1. The number of H-pyrrole nitrogens is 1. The first-order valence-electron chi connectivity index (χ1n) is 8.81. The minimum absolute atomic E-state index is 0.307. The Bertz CT molecular complexity index is 801. The van der Waals surface area contributed by atoms with Crippen molar-refractivity contribution in [2.45, 2.75) is 13.0 Å². The summed E-state index contributed by atoms with van der Waals surface area (Å²) in [5, 5.41) is 2.77. The maximum atomic E-state index is 11.2. The van der Waals surface area contributed by atoms with Crippen LogP contribution in [0.5, 0.6) is 11.5 Å². The van der Waals surface area contributed by atoms with Gasteiger partial charge in [0.25, 0.3) is 5.91 Å². The molecule has 26 heavy (non-hydrogen) atoms. The van der Waals surface area contributed by atoms with E-state index in [-0.39, 0.29) is 0 Å². The molecule has 2 aliphatic rings. The number of nitrogens with two attached hydrogens (primary N) is 1. The third kappa shape index (κ3) is 3.34. The number of nitrogens with one attached hydrogen (secondary N) is 1. The maximum absolute atomic E-state index is 11.2. The highest BCUT2D eigenvalue weighted by molar-refractivity contribution is 7.13. The summed E-state index contributed by atoms with van der Waals surface area (Å²) in [6.07, 6.45) is 0. The van der Waals surface area contributed by atoms with Gasteiger partial charge < -0.3 is 15.2 Å². The van der Waals surface area contributed by atoms with E-state index in [1.54, 1.807) is 5.38 Å². The number of nitrogens with zero attached hydrogens (tertiary/aromatic N) is 2. The molecule has 3 heterocycles. The number of amides is 1. The van der Waals surface area contributed by atoms with Gasteiger partial charge in [-0.1, -0.05) is 17.4 Å². The number of hydrogen-bond acceptors (Lipinski definition) is 6. The number of piperazine rings is 1. The number of carbonyl (C=O) groups excluding carboxylic acids is 1. The molecule has 2 aliphatic heterocycles. The average Bonchev–Trinajstić information content (AvgIpc) is 3.18. The molecule has 0 unspecified atom stereocenters. The van der Waals surface area contributed by atoms with E-state index in [0.29, 0.717) is 24.9 Å². The van der Waals surface area contributed by atoms with E-state index in [4.69, 9.17) is 15.2 Å². The number of primary amides is 1. The number of hydrogen-bond donors (Lipinski definition) is 1. The molecule has 1 saturated heterocycles. The van der Waals surface area contributed by atoms with E-state index in [1.165, 1.54) is 16.9 Å². The highest BCUT2D eigenvalue weighted by Gasteiger charge is 2.29. The number of ether oxygens (including phenoxy) is 2. The van der Waals surface area contributed by atoms with Crippen LogP contribution in [-0.2, 0) is 0 Å². The van der Waals surface area contributed by atoms with Crippen molar-refractivity contribution in [3.8, 4) is 11.5 Å². The molecule has 0 aliphatic carbocycles. The second-order valence-electron chi connectivity index (χ2n) is 6.55. The molecular formula is C18H23N4O3S+. The van der Waals surface area contributed by atoms with Crippen LogP contribution in [0.2, 0.25) is 0 Å². The lowest BCUT2D eigenvalue weighted by Crippen LogP contribution is -2.48. The van der Waals surface area contributed by atoms with Gasteiger partial charge in [-0.15, -0.1) is 0 Å². The summed E-state index contributed by atoms with van der Waals surface area (Å²) in [5.74, 6) is 1.25. The van der Waals surface area contributed by atoms with Gasteiger partial charge in [0.1, 0.15) is 13.2 Å². The predicted molar refractivity (Wildman–Crippen MR) is 99.0 cm³/mol. The molecule has 4 rings (SSSR count). The van der Waals surface area contributed by atoms with Gasteiger partial charge in [0, 0.05) is 19.1 Å². The molecule has 0 saturated carbocycles. The van der Waals surface area contributed by atoms with Crippen molar-refractivity contribution in [2.75, 3.05) is 44.3 Å². The Kier molecular flexibility index (Phi) is 4.69. The van der Waals surface area contributed by atoms with Crippen molar-refractivity contribution in [3.63, 3.8) is 0 Å². The molecule has 138 valence electrons. The Balaban J connectivity index is 1.40. The van der Waals surface area contributed by atoms with Gasteiger partial charge >= 0.3 is 5.13 Å². The normalized spacial score (nSPS) is 18.6. The first-order chi connectivity index (χ1) is 12.6. The molecule has 1 aromatic heterocycles.